The summed E-state index contributed by atoms with van der Waals surface area (Å²) in [4.78, 5) is 24.1. The summed E-state index contributed by atoms with van der Waals surface area (Å²) in [6, 6.07) is 8.95. The van der Waals surface area contributed by atoms with Gasteiger partial charge >= 0.3 is 5.63 Å². The summed E-state index contributed by atoms with van der Waals surface area (Å²) in [5.41, 5.74) is 0.233. The largest absolute Gasteiger partial charge is 1.00 e. The molecule has 0 amide bonds. The van der Waals surface area contributed by atoms with Crippen LogP contribution in [0.4, 0.5) is 0 Å². The topological polar surface area (TPSA) is 47.3 Å². The van der Waals surface area contributed by atoms with E-state index in [1.54, 1.807) is 12.1 Å². The van der Waals surface area contributed by atoms with Crippen molar-refractivity contribution in [3.8, 4) is 0 Å². The summed E-state index contributed by atoms with van der Waals surface area (Å²) in [7, 11) is 0.170. The van der Waals surface area contributed by atoms with Crippen LogP contribution in [0.5, 0.6) is 0 Å². The van der Waals surface area contributed by atoms with Crippen molar-refractivity contribution in [2.24, 2.45) is 0 Å². The van der Waals surface area contributed by atoms with Gasteiger partial charge in [0.1, 0.15) is 22.7 Å². The van der Waals surface area contributed by atoms with Crippen LogP contribution in [0.1, 0.15) is 23.2 Å². The molecule has 1 aromatic heterocycles. The third-order valence-electron chi connectivity index (χ3n) is 3.39. The lowest BCUT2D eigenvalue weighted by Crippen LogP contribution is -3.00. The maximum atomic E-state index is 12.2. The Hall–Kier alpha value is -1.07. The van der Waals surface area contributed by atoms with Crippen LogP contribution in [0.2, 0.25) is 0 Å². The van der Waals surface area contributed by atoms with E-state index in [0.717, 1.165) is 16.9 Å². The van der Waals surface area contributed by atoms with Crippen molar-refractivity contribution >= 4 is 27.6 Å². The fraction of sp³-hybridized carbons (Fsp3) is 0.333. The fourth-order valence-corrected chi connectivity index (χ4v) is 4.62. The van der Waals surface area contributed by atoms with Gasteiger partial charge in [0, 0.05) is 5.39 Å². The standard InChI is InChI=1S/C15H15O3S.BrH/c16-13(10-19-7-3-4-8-19)12-9-11-5-1-2-6-14(11)18-15(12)17;/h1-2,5-6,9H,3-4,7-8,10H2;1H/q+1;/p-1. The summed E-state index contributed by atoms with van der Waals surface area (Å²) >= 11 is 0. The number of hydrogen-bond acceptors (Lipinski definition) is 3. The fourth-order valence-electron chi connectivity index (χ4n) is 2.38. The molecule has 1 aliphatic rings. The molecule has 1 aliphatic heterocycles. The molecule has 0 aliphatic carbocycles. The van der Waals surface area contributed by atoms with Gasteiger partial charge in [0.25, 0.3) is 0 Å². The van der Waals surface area contributed by atoms with Crippen LogP contribution in [-0.4, -0.2) is 23.0 Å². The average molecular weight is 355 g/mol. The van der Waals surface area contributed by atoms with E-state index in [2.05, 4.69) is 0 Å². The number of para-hydroxylation sites is 1. The maximum absolute atomic E-state index is 12.2. The molecule has 3 nitrogen and oxygen atoms in total. The Morgan fingerprint density at radius 2 is 1.90 bits per heavy atom. The van der Waals surface area contributed by atoms with Crippen molar-refractivity contribution in [1.82, 2.24) is 0 Å². The van der Waals surface area contributed by atoms with Crippen LogP contribution >= 0.6 is 0 Å². The number of carbonyl (C=O) groups excluding carboxylic acids is 1. The van der Waals surface area contributed by atoms with Crippen LogP contribution in [0.25, 0.3) is 11.0 Å². The Kier molecular flexibility index (Phi) is 5.05. The maximum Gasteiger partial charge on any atom is 0.347 e. The van der Waals surface area contributed by atoms with Gasteiger partial charge in [0.2, 0.25) is 5.78 Å². The summed E-state index contributed by atoms with van der Waals surface area (Å²) in [6.45, 7) is 0. The van der Waals surface area contributed by atoms with E-state index in [1.165, 1.54) is 12.8 Å². The van der Waals surface area contributed by atoms with E-state index in [1.807, 2.05) is 18.2 Å². The molecular formula is C15H15BrO3S. The van der Waals surface area contributed by atoms with Gasteiger partial charge in [-0.25, -0.2) is 4.79 Å². The van der Waals surface area contributed by atoms with Crippen molar-refractivity contribution in [3.05, 3.63) is 46.3 Å². The minimum atomic E-state index is -0.508. The van der Waals surface area contributed by atoms with Crippen LogP contribution < -0.4 is 22.6 Å². The molecule has 0 radical (unpaired) electrons. The Bertz CT molecular complexity index is 674. The highest BCUT2D eigenvalue weighted by molar-refractivity contribution is 7.97. The molecule has 0 atom stereocenters. The number of carbonyl (C=O) groups is 1. The third kappa shape index (κ3) is 3.15. The first-order valence-corrected chi connectivity index (χ1v) is 8.17. The Balaban J connectivity index is 0.00000147. The normalized spacial score (nSPS) is 15.2. The number of Topliss-reactive ketones (excluding diaryl/α,β-unsaturated/α-hetero) is 1. The van der Waals surface area contributed by atoms with Crippen molar-refractivity contribution in [1.29, 1.82) is 0 Å². The van der Waals surface area contributed by atoms with Gasteiger partial charge in [-0.15, -0.1) is 0 Å². The van der Waals surface area contributed by atoms with Gasteiger partial charge in [0.05, 0.1) is 0 Å². The number of halogens is 1. The van der Waals surface area contributed by atoms with Crippen molar-refractivity contribution in [2.75, 3.05) is 17.3 Å². The van der Waals surface area contributed by atoms with E-state index >= 15 is 0 Å². The zero-order valence-corrected chi connectivity index (χ0v) is 13.3. The van der Waals surface area contributed by atoms with E-state index < -0.39 is 5.63 Å². The minimum absolute atomic E-state index is 0. The second kappa shape index (κ2) is 6.59. The lowest BCUT2D eigenvalue weighted by atomic mass is 10.1. The van der Waals surface area contributed by atoms with Crippen LogP contribution in [0, 0.1) is 0 Å². The number of hydrogen-bond donors (Lipinski definition) is 0. The predicted molar refractivity (Wildman–Crippen MR) is 78.0 cm³/mol. The Morgan fingerprint density at radius 1 is 1.20 bits per heavy atom. The zero-order chi connectivity index (χ0) is 13.2. The number of fused-ring (bicyclic) bond motifs is 1. The van der Waals surface area contributed by atoms with Gasteiger partial charge in [-0.05, 0) is 35.9 Å². The molecule has 5 heteroatoms. The first-order chi connectivity index (χ1) is 9.24. The number of ketones is 1. The monoisotopic (exact) mass is 354 g/mol. The van der Waals surface area contributed by atoms with Crippen LogP contribution in [0.15, 0.2) is 39.5 Å². The van der Waals surface area contributed by atoms with Gasteiger partial charge in [0.15, 0.2) is 5.75 Å². The number of rotatable bonds is 3. The molecule has 106 valence electrons. The first-order valence-electron chi connectivity index (χ1n) is 6.44. The number of benzene rings is 1. The quantitative estimate of drug-likeness (QED) is 0.419. The Labute approximate surface area is 130 Å². The van der Waals surface area contributed by atoms with E-state index in [4.69, 9.17) is 4.42 Å². The van der Waals surface area contributed by atoms with E-state index in [-0.39, 0.29) is 39.2 Å². The molecule has 1 fully saturated rings. The predicted octanol–water partition coefficient (Wildman–Crippen LogP) is -0.608. The molecule has 1 saturated heterocycles. The second-order valence-electron chi connectivity index (χ2n) is 4.78. The summed E-state index contributed by atoms with van der Waals surface area (Å²) in [5, 5.41) is 0.806. The molecular weight excluding hydrogens is 340 g/mol. The van der Waals surface area contributed by atoms with Crippen molar-refractivity contribution < 1.29 is 26.2 Å². The van der Waals surface area contributed by atoms with Gasteiger partial charge in [-0.2, -0.15) is 0 Å². The minimum Gasteiger partial charge on any atom is -1.00 e. The first kappa shape index (κ1) is 15.3. The van der Waals surface area contributed by atoms with Gasteiger partial charge in [-0.3, -0.25) is 4.79 Å². The van der Waals surface area contributed by atoms with E-state index in [9.17, 15) is 9.59 Å². The molecule has 0 bridgehead atoms. The smallest absolute Gasteiger partial charge is 0.347 e. The molecule has 0 unspecified atom stereocenters. The third-order valence-corrected chi connectivity index (χ3v) is 5.80. The van der Waals surface area contributed by atoms with Crippen LogP contribution in [-0.2, 0) is 10.9 Å². The molecule has 0 saturated carbocycles. The van der Waals surface area contributed by atoms with Crippen molar-refractivity contribution in [2.45, 2.75) is 12.8 Å². The summed E-state index contributed by atoms with van der Waals surface area (Å²) in [6.07, 6.45) is 2.42. The van der Waals surface area contributed by atoms with Crippen molar-refractivity contribution in [3.63, 3.8) is 0 Å². The van der Waals surface area contributed by atoms with E-state index in [0.29, 0.717) is 11.3 Å². The van der Waals surface area contributed by atoms with Gasteiger partial charge < -0.3 is 21.4 Å². The lowest BCUT2D eigenvalue weighted by molar-refractivity contribution is -0.0000124. The molecule has 1 aromatic carbocycles. The molecule has 2 heterocycles. The second-order valence-corrected chi connectivity index (χ2v) is 7.11. The highest BCUT2D eigenvalue weighted by atomic mass is 79.9. The highest BCUT2D eigenvalue weighted by Crippen LogP contribution is 2.17. The van der Waals surface area contributed by atoms with Gasteiger partial charge in [-0.1, -0.05) is 18.2 Å². The lowest BCUT2D eigenvalue weighted by Gasteiger charge is -2.01. The molecule has 0 N–H and O–H groups in total. The summed E-state index contributed by atoms with van der Waals surface area (Å²) < 4.78 is 5.21. The van der Waals surface area contributed by atoms with Crippen LogP contribution in [0.3, 0.4) is 0 Å². The average Bonchev–Trinajstić information content (AvgIpc) is 2.90. The molecule has 20 heavy (non-hydrogen) atoms. The summed E-state index contributed by atoms with van der Waals surface area (Å²) in [5.74, 6) is 2.70. The molecule has 2 aromatic rings. The highest BCUT2D eigenvalue weighted by Gasteiger charge is 2.28. The molecule has 3 rings (SSSR count). The zero-order valence-electron chi connectivity index (χ0n) is 10.9. The SMILES string of the molecule is O=C(C[S+]1CCCC1)c1cc2ccccc2oc1=O.[Br-]. The Morgan fingerprint density at radius 3 is 2.65 bits per heavy atom. The molecule has 0 spiro atoms.